The van der Waals surface area contributed by atoms with Crippen LogP contribution in [0, 0.1) is 15.9 Å². The molecule has 0 fully saturated rings. The van der Waals surface area contributed by atoms with Gasteiger partial charge in [-0.25, -0.2) is 0 Å². The maximum Gasteiger partial charge on any atom is 0.305 e. The fourth-order valence-corrected chi connectivity index (χ4v) is 1.58. The SMILES string of the molecule is O=C(NCc1ccncc1)c1ccc(F)c([N+](=O)[O-])c1. The summed E-state index contributed by atoms with van der Waals surface area (Å²) in [6, 6.07) is 6.47. The van der Waals surface area contributed by atoms with Crippen LogP contribution >= 0.6 is 0 Å². The highest BCUT2D eigenvalue weighted by atomic mass is 19.1. The lowest BCUT2D eigenvalue weighted by atomic mass is 10.1. The minimum atomic E-state index is -0.972. The topological polar surface area (TPSA) is 85.1 Å². The van der Waals surface area contributed by atoms with Gasteiger partial charge in [0.25, 0.3) is 5.91 Å². The second-order valence-electron chi connectivity index (χ2n) is 3.96. The fourth-order valence-electron chi connectivity index (χ4n) is 1.58. The molecule has 1 aromatic carbocycles. The smallest absolute Gasteiger partial charge is 0.305 e. The summed E-state index contributed by atoms with van der Waals surface area (Å²) in [7, 11) is 0. The third kappa shape index (κ3) is 3.14. The van der Waals surface area contributed by atoms with Crippen LogP contribution in [-0.2, 0) is 6.54 Å². The molecule has 0 saturated heterocycles. The van der Waals surface area contributed by atoms with Crippen LogP contribution in [0.1, 0.15) is 15.9 Å². The van der Waals surface area contributed by atoms with E-state index in [1.54, 1.807) is 24.5 Å². The largest absolute Gasteiger partial charge is 0.348 e. The third-order valence-electron chi connectivity index (χ3n) is 2.61. The number of nitrogens with zero attached hydrogens (tertiary/aromatic N) is 2. The highest BCUT2D eigenvalue weighted by Gasteiger charge is 2.17. The zero-order valence-corrected chi connectivity index (χ0v) is 10.2. The maximum absolute atomic E-state index is 13.2. The number of nitro benzene ring substituents is 1. The Labute approximate surface area is 113 Å². The van der Waals surface area contributed by atoms with Crippen molar-refractivity contribution in [3.05, 3.63) is 69.8 Å². The number of carbonyl (C=O) groups excluding carboxylic acids is 1. The molecular formula is C13H10FN3O3. The van der Waals surface area contributed by atoms with Gasteiger partial charge in [0, 0.05) is 30.6 Å². The van der Waals surface area contributed by atoms with Gasteiger partial charge in [-0.3, -0.25) is 19.9 Å². The molecule has 6 nitrogen and oxygen atoms in total. The summed E-state index contributed by atoms with van der Waals surface area (Å²) < 4.78 is 13.2. The Morgan fingerprint density at radius 1 is 1.30 bits per heavy atom. The number of carbonyl (C=O) groups is 1. The summed E-state index contributed by atoms with van der Waals surface area (Å²) in [4.78, 5) is 25.4. The van der Waals surface area contributed by atoms with E-state index in [0.717, 1.165) is 17.7 Å². The average molecular weight is 275 g/mol. The summed E-state index contributed by atoms with van der Waals surface area (Å²) in [5, 5.41) is 13.2. The predicted molar refractivity (Wildman–Crippen MR) is 68.5 cm³/mol. The first kappa shape index (κ1) is 13.6. The van der Waals surface area contributed by atoms with Crippen LogP contribution in [0.3, 0.4) is 0 Å². The lowest BCUT2D eigenvalue weighted by Crippen LogP contribution is -2.22. The quantitative estimate of drug-likeness (QED) is 0.683. The minimum absolute atomic E-state index is 0.0344. The molecule has 1 amide bonds. The van der Waals surface area contributed by atoms with Crippen LogP contribution < -0.4 is 5.32 Å². The van der Waals surface area contributed by atoms with Gasteiger partial charge in [0.1, 0.15) is 0 Å². The number of pyridine rings is 1. The molecule has 20 heavy (non-hydrogen) atoms. The zero-order chi connectivity index (χ0) is 14.5. The molecule has 0 aliphatic rings. The lowest BCUT2D eigenvalue weighted by Gasteiger charge is -2.05. The molecule has 0 unspecified atom stereocenters. The van der Waals surface area contributed by atoms with Gasteiger partial charge in [-0.15, -0.1) is 0 Å². The van der Waals surface area contributed by atoms with Crippen molar-refractivity contribution in [3.8, 4) is 0 Å². The van der Waals surface area contributed by atoms with E-state index >= 15 is 0 Å². The van der Waals surface area contributed by atoms with Crippen LogP contribution in [-0.4, -0.2) is 15.8 Å². The number of nitro groups is 1. The van der Waals surface area contributed by atoms with Crippen LogP contribution in [0.5, 0.6) is 0 Å². The molecule has 2 rings (SSSR count). The molecule has 1 aromatic heterocycles. The highest BCUT2D eigenvalue weighted by molar-refractivity contribution is 5.94. The van der Waals surface area contributed by atoms with E-state index in [4.69, 9.17) is 0 Å². The number of benzene rings is 1. The van der Waals surface area contributed by atoms with Gasteiger partial charge >= 0.3 is 5.69 Å². The first-order chi connectivity index (χ1) is 9.58. The van der Waals surface area contributed by atoms with Gasteiger partial charge in [-0.05, 0) is 29.8 Å². The van der Waals surface area contributed by atoms with Gasteiger partial charge in [-0.2, -0.15) is 4.39 Å². The molecule has 0 spiro atoms. The number of amides is 1. The van der Waals surface area contributed by atoms with Crippen molar-refractivity contribution in [2.24, 2.45) is 0 Å². The van der Waals surface area contributed by atoms with Gasteiger partial charge in [-0.1, -0.05) is 0 Å². The Kier molecular flexibility index (Phi) is 3.99. The van der Waals surface area contributed by atoms with Crippen molar-refractivity contribution in [1.82, 2.24) is 10.3 Å². The standard InChI is InChI=1S/C13H10FN3O3/c14-11-2-1-10(7-12(11)17(19)20)13(18)16-8-9-3-5-15-6-4-9/h1-7H,8H2,(H,16,18). The normalized spacial score (nSPS) is 10.1. The summed E-state index contributed by atoms with van der Waals surface area (Å²) in [5.74, 6) is -1.48. The molecule has 0 atom stereocenters. The molecule has 0 saturated carbocycles. The second-order valence-corrected chi connectivity index (χ2v) is 3.96. The van der Waals surface area contributed by atoms with E-state index in [1.165, 1.54) is 6.07 Å². The van der Waals surface area contributed by atoms with Crippen molar-refractivity contribution in [2.75, 3.05) is 0 Å². The zero-order valence-electron chi connectivity index (χ0n) is 10.2. The number of hydrogen-bond acceptors (Lipinski definition) is 4. The number of hydrogen-bond donors (Lipinski definition) is 1. The highest BCUT2D eigenvalue weighted by Crippen LogP contribution is 2.18. The van der Waals surface area contributed by atoms with Crippen molar-refractivity contribution in [2.45, 2.75) is 6.54 Å². The maximum atomic E-state index is 13.2. The Balaban J connectivity index is 2.10. The second kappa shape index (κ2) is 5.87. The van der Waals surface area contributed by atoms with E-state index < -0.39 is 22.3 Å². The van der Waals surface area contributed by atoms with Gasteiger partial charge in [0.2, 0.25) is 5.82 Å². The Hall–Kier alpha value is -2.83. The number of nitrogens with one attached hydrogen (secondary N) is 1. The van der Waals surface area contributed by atoms with Gasteiger partial charge < -0.3 is 5.32 Å². The average Bonchev–Trinajstić information content (AvgIpc) is 2.46. The van der Waals surface area contributed by atoms with Crippen molar-refractivity contribution in [3.63, 3.8) is 0 Å². The molecule has 0 aliphatic carbocycles. The molecule has 0 radical (unpaired) electrons. The van der Waals surface area contributed by atoms with Crippen LogP contribution in [0.4, 0.5) is 10.1 Å². The molecule has 2 aromatic rings. The first-order valence-corrected chi connectivity index (χ1v) is 5.69. The van der Waals surface area contributed by atoms with E-state index in [0.29, 0.717) is 0 Å². The molecule has 102 valence electrons. The molecule has 1 heterocycles. The predicted octanol–water partition coefficient (Wildman–Crippen LogP) is 2.06. The Morgan fingerprint density at radius 3 is 2.65 bits per heavy atom. The summed E-state index contributed by atoms with van der Waals surface area (Å²) >= 11 is 0. The summed E-state index contributed by atoms with van der Waals surface area (Å²) in [6.45, 7) is 0.256. The van der Waals surface area contributed by atoms with Gasteiger partial charge in [0.05, 0.1) is 4.92 Å². The number of aromatic nitrogens is 1. The number of halogens is 1. The van der Waals surface area contributed by atoms with Crippen molar-refractivity contribution < 1.29 is 14.1 Å². The van der Waals surface area contributed by atoms with Crippen molar-refractivity contribution >= 4 is 11.6 Å². The Bertz CT molecular complexity index is 647. The molecule has 0 aliphatic heterocycles. The van der Waals surface area contributed by atoms with E-state index in [1.807, 2.05) is 0 Å². The van der Waals surface area contributed by atoms with Crippen LogP contribution in [0.25, 0.3) is 0 Å². The minimum Gasteiger partial charge on any atom is -0.348 e. The molecule has 0 bridgehead atoms. The summed E-state index contributed by atoms with van der Waals surface area (Å²) in [5.41, 5.74) is 0.152. The monoisotopic (exact) mass is 275 g/mol. The molecular weight excluding hydrogens is 265 g/mol. The van der Waals surface area contributed by atoms with E-state index in [9.17, 15) is 19.3 Å². The van der Waals surface area contributed by atoms with E-state index in [2.05, 4.69) is 10.3 Å². The van der Waals surface area contributed by atoms with Gasteiger partial charge in [0.15, 0.2) is 0 Å². The molecule has 1 N–H and O–H groups in total. The van der Waals surface area contributed by atoms with E-state index in [-0.39, 0.29) is 12.1 Å². The lowest BCUT2D eigenvalue weighted by molar-refractivity contribution is -0.387. The first-order valence-electron chi connectivity index (χ1n) is 5.69. The fraction of sp³-hybridized carbons (Fsp3) is 0.0769. The van der Waals surface area contributed by atoms with Crippen LogP contribution in [0.2, 0.25) is 0 Å². The third-order valence-corrected chi connectivity index (χ3v) is 2.61. The van der Waals surface area contributed by atoms with Crippen LogP contribution in [0.15, 0.2) is 42.7 Å². The number of rotatable bonds is 4. The summed E-state index contributed by atoms with van der Waals surface area (Å²) in [6.07, 6.45) is 3.18. The molecule has 7 heteroatoms. The van der Waals surface area contributed by atoms with Crippen molar-refractivity contribution in [1.29, 1.82) is 0 Å². The Morgan fingerprint density at radius 2 is 2.00 bits per heavy atom.